The van der Waals surface area contributed by atoms with E-state index in [4.69, 9.17) is 4.42 Å². The van der Waals surface area contributed by atoms with Gasteiger partial charge in [0, 0.05) is 18.0 Å². The molecular weight excluding hydrogens is 174 g/mol. The van der Waals surface area contributed by atoms with Crippen molar-refractivity contribution in [1.82, 2.24) is 5.32 Å². The van der Waals surface area contributed by atoms with Gasteiger partial charge in [-0.3, -0.25) is 0 Å². The highest BCUT2D eigenvalue weighted by Crippen LogP contribution is 2.34. The first-order valence-corrected chi connectivity index (χ1v) is 5.24. The maximum absolute atomic E-state index is 5.45. The predicted octanol–water partition coefficient (Wildman–Crippen LogP) is 3.15. The zero-order chi connectivity index (χ0) is 10.8. The standard InChI is InChI=1S/C12H21NO/c1-6-10-9(7-8-14-10)11(13-5)12(2,3)4/h7-8,11,13H,6H2,1-5H3. The van der Waals surface area contributed by atoms with Crippen LogP contribution in [-0.4, -0.2) is 7.05 Å². The second-order valence-corrected chi connectivity index (χ2v) is 4.74. The molecule has 0 radical (unpaired) electrons. The zero-order valence-electron chi connectivity index (χ0n) is 9.85. The molecule has 0 aromatic carbocycles. The smallest absolute Gasteiger partial charge is 0.108 e. The molecule has 0 bridgehead atoms. The fourth-order valence-electron chi connectivity index (χ4n) is 1.95. The molecule has 1 aromatic heterocycles. The Balaban J connectivity index is 3.01. The van der Waals surface area contributed by atoms with Gasteiger partial charge in [0.15, 0.2) is 0 Å². The molecule has 1 heterocycles. The molecule has 0 spiro atoms. The van der Waals surface area contributed by atoms with E-state index in [0.717, 1.165) is 12.2 Å². The summed E-state index contributed by atoms with van der Waals surface area (Å²) in [6.07, 6.45) is 2.74. The molecule has 2 heteroatoms. The van der Waals surface area contributed by atoms with Crippen molar-refractivity contribution in [3.05, 3.63) is 23.7 Å². The summed E-state index contributed by atoms with van der Waals surface area (Å²) in [6, 6.07) is 2.43. The lowest BCUT2D eigenvalue weighted by atomic mass is 9.82. The summed E-state index contributed by atoms with van der Waals surface area (Å²) in [4.78, 5) is 0. The Morgan fingerprint density at radius 1 is 1.43 bits per heavy atom. The first kappa shape index (κ1) is 11.3. The average molecular weight is 195 g/mol. The minimum absolute atomic E-state index is 0.211. The van der Waals surface area contributed by atoms with E-state index in [1.807, 2.05) is 7.05 Å². The van der Waals surface area contributed by atoms with E-state index in [1.54, 1.807) is 6.26 Å². The molecule has 0 aliphatic rings. The normalized spacial score (nSPS) is 14.4. The Morgan fingerprint density at radius 2 is 2.07 bits per heavy atom. The summed E-state index contributed by atoms with van der Waals surface area (Å²) in [5.74, 6) is 1.10. The summed E-state index contributed by atoms with van der Waals surface area (Å²) < 4.78 is 5.45. The molecule has 2 nitrogen and oxygen atoms in total. The number of hydrogen-bond donors (Lipinski definition) is 1. The van der Waals surface area contributed by atoms with Crippen molar-refractivity contribution in [1.29, 1.82) is 0 Å². The third kappa shape index (κ3) is 2.18. The largest absolute Gasteiger partial charge is 0.469 e. The highest BCUT2D eigenvalue weighted by molar-refractivity contribution is 5.23. The van der Waals surface area contributed by atoms with Gasteiger partial charge in [-0.1, -0.05) is 27.7 Å². The summed E-state index contributed by atoms with van der Waals surface area (Å²) in [5, 5.41) is 3.36. The Kier molecular flexibility index (Phi) is 3.38. The summed E-state index contributed by atoms with van der Waals surface area (Å²) in [6.45, 7) is 8.83. The van der Waals surface area contributed by atoms with Crippen molar-refractivity contribution in [3.63, 3.8) is 0 Å². The van der Waals surface area contributed by atoms with E-state index in [1.165, 1.54) is 5.56 Å². The predicted molar refractivity (Wildman–Crippen MR) is 59.3 cm³/mol. The Morgan fingerprint density at radius 3 is 2.50 bits per heavy atom. The number of aryl methyl sites for hydroxylation is 1. The number of nitrogens with one attached hydrogen (secondary N) is 1. The second-order valence-electron chi connectivity index (χ2n) is 4.74. The molecule has 0 aliphatic heterocycles. The molecule has 1 atom stereocenters. The van der Waals surface area contributed by atoms with Gasteiger partial charge in [0.1, 0.15) is 5.76 Å². The van der Waals surface area contributed by atoms with Crippen LogP contribution in [0.25, 0.3) is 0 Å². The van der Waals surface area contributed by atoms with Crippen LogP contribution < -0.4 is 5.32 Å². The molecule has 0 fully saturated rings. The Hall–Kier alpha value is -0.760. The molecular formula is C12H21NO. The van der Waals surface area contributed by atoms with Crippen molar-refractivity contribution in [3.8, 4) is 0 Å². The minimum Gasteiger partial charge on any atom is -0.469 e. The van der Waals surface area contributed by atoms with E-state index in [2.05, 4.69) is 39.1 Å². The molecule has 1 N–H and O–H groups in total. The lowest BCUT2D eigenvalue weighted by Crippen LogP contribution is -2.29. The second kappa shape index (κ2) is 4.18. The Labute approximate surface area is 86.7 Å². The highest BCUT2D eigenvalue weighted by Gasteiger charge is 2.27. The van der Waals surface area contributed by atoms with Crippen molar-refractivity contribution < 1.29 is 4.42 Å². The van der Waals surface area contributed by atoms with E-state index >= 15 is 0 Å². The number of rotatable bonds is 3. The lowest BCUT2D eigenvalue weighted by molar-refractivity contribution is 0.283. The number of hydrogen-bond acceptors (Lipinski definition) is 2. The van der Waals surface area contributed by atoms with Gasteiger partial charge in [-0.2, -0.15) is 0 Å². The van der Waals surface area contributed by atoms with Crippen LogP contribution in [0, 0.1) is 5.41 Å². The Bertz CT molecular complexity index is 283. The fourth-order valence-corrected chi connectivity index (χ4v) is 1.95. The van der Waals surface area contributed by atoms with Gasteiger partial charge in [0.2, 0.25) is 0 Å². The first-order valence-electron chi connectivity index (χ1n) is 5.24. The van der Waals surface area contributed by atoms with Crippen LogP contribution in [0.3, 0.4) is 0 Å². The third-order valence-corrected chi connectivity index (χ3v) is 2.57. The van der Waals surface area contributed by atoms with Gasteiger partial charge < -0.3 is 9.73 Å². The van der Waals surface area contributed by atoms with Crippen LogP contribution in [0.15, 0.2) is 16.7 Å². The topological polar surface area (TPSA) is 25.2 Å². The van der Waals surface area contributed by atoms with E-state index in [-0.39, 0.29) is 5.41 Å². The van der Waals surface area contributed by atoms with Crippen LogP contribution >= 0.6 is 0 Å². The molecule has 0 amide bonds. The van der Waals surface area contributed by atoms with Crippen LogP contribution in [0.1, 0.15) is 45.1 Å². The minimum atomic E-state index is 0.211. The molecule has 0 aliphatic carbocycles. The quantitative estimate of drug-likeness (QED) is 0.801. The summed E-state index contributed by atoms with van der Waals surface area (Å²) in [5.41, 5.74) is 1.50. The molecule has 1 rings (SSSR count). The van der Waals surface area contributed by atoms with Crippen LogP contribution in [0.4, 0.5) is 0 Å². The van der Waals surface area contributed by atoms with Gasteiger partial charge in [-0.15, -0.1) is 0 Å². The van der Waals surface area contributed by atoms with Crippen LogP contribution in [0.5, 0.6) is 0 Å². The van der Waals surface area contributed by atoms with E-state index in [9.17, 15) is 0 Å². The summed E-state index contributed by atoms with van der Waals surface area (Å²) >= 11 is 0. The van der Waals surface area contributed by atoms with Gasteiger partial charge in [0.05, 0.1) is 6.26 Å². The zero-order valence-corrected chi connectivity index (χ0v) is 9.85. The van der Waals surface area contributed by atoms with E-state index in [0.29, 0.717) is 6.04 Å². The molecule has 80 valence electrons. The van der Waals surface area contributed by atoms with Crippen molar-refractivity contribution in [2.45, 2.75) is 40.2 Å². The van der Waals surface area contributed by atoms with Gasteiger partial charge in [-0.05, 0) is 18.5 Å². The fraction of sp³-hybridized carbons (Fsp3) is 0.667. The van der Waals surface area contributed by atoms with Gasteiger partial charge >= 0.3 is 0 Å². The molecule has 1 aromatic rings. The maximum atomic E-state index is 5.45. The molecule has 0 saturated carbocycles. The summed E-state index contributed by atoms with van der Waals surface area (Å²) in [7, 11) is 2.00. The third-order valence-electron chi connectivity index (χ3n) is 2.57. The van der Waals surface area contributed by atoms with Crippen molar-refractivity contribution in [2.24, 2.45) is 5.41 Å². The van der Waals surface area contributed by atoms with Crippen LogP contribution in [0.2, 0.25) is 0 Å². The SMILES string of the molecule is CCc1occc1C(NC)C(C)(C)C. The molecule has 0 saturated heterocycles. The molecule has 14 heavy (non-hydrogen) atoms. The van der Waals surface area contributed by atoms with Crippen molar-refractivity contribution >= 4 is 0 Å². The lowest BCUT2D eigenvalue weighted by Gasteiger charge is -2.30. The monoisotopic (exact) mass is 195 g/mol. The number of furan rings is 1. The average Bonchev–Trinajstić information content (AvgIpc) is 2.51. The highest BCUT2D eigenvalue weighted by atomic mass is 16.3. The van der Waals surface area contributed by atoms with E-state index < -0.39 is 0 Å². The van der Waals surface area contributed by atoms with Crippen LogP contribution in [-0.2, 0) is 6.42 Å². The molecule has 1 unspecified atom stereocenters. The maximum Gasteiger partial charge on any atom is 0.108 e. The first-order chi connectivity index (χ1) is 6.50. The van der Waals surface area contributed by atoms with Gasteiger partial charge in [-0.25, -0.2) is 0 Å². The van der Waals surface area contributed by atoms with Crippen molar-refractivity contribution in [2.75, 3.05) is 7.05 Å². The van der Waals surface area contributed by atoms with Gasteiger partial charge in [0.25, 0.3) is 0 Å².